The first-order chi connectivity index (χ1) is 12.0. The van der Waals surface area contributed by atoms with Gasteiger partial charge in [0.05, 0.1) is 23.7 Å². The van der Waals surface area contributed by atoms with E-state index in [4.69, 9.17) is 14.7 Å². The Morgan fingerprint density at radius 2 is 2.20 bits per heavy atom. The number of ether oxygens (including phenoxy) is 1. The van der Waals surface area contributed by atoms with Gasteiger partial charge in [-0.25, -0.2) is 9.97 Å². The van der Waals surface area contributed by atoms with E-state index in [1.807, 2.05) is 0 Å². The average molecular weight is 382 g/mol. The van der Waals surface area contributed by atoms with E-state index in [9.17, 15) is 5.11 Å². The Balaban J connectivity index is 2.06. The fourth-order valence-electron chi connectivity index (χ4n) is 2.91. The van der Waals surface area contributed by atoms with Gasteiger partial charge in [-0.15, -0.1) is 11.3 Å². The van der Waals surface area contributed by atoms with E-state index in [1.54, 1.807) is 30.0 Å². The van der Waals surface area contributed by atoms with Crippen molar-refractivity contribution in [1.29, 1.82) is 0 Å². The predicted molar refractivity (Wildman–Crippen MR) is 106 cm³/mol. The van der Waals surface area contributed by atoms with Gasteiger partial charge in [0, 0.05) is 23.6 Å². The highest BCUT2D eigenvalue weighted by Gasteiger charge is 2.33. The molecule has 7 heteroatoms. The molecule has 2 aromatic heterocycles. The van der Waals surface area contributed by atoms with Gasteiger partial charge in [0.1, 0.15) is 10.6 Å². The number of fused-ring (bicyclic) bond motifs is 3. The molecule has 2 aromatic rings. The number of thiophene rings is 1. The molecule has 0 saturated carbocycles. The Labute approximate surface area is 157 Å². The minimum atomic E-state index is -0.421. The topological polar surface area (TPSA) is 67.3 Å². The summed E-state index contributed by atoms with van der Waals surface area (Å²) in [6.07, 6.45) is 2.53. The molecule has 2 atom stereocenters. The van der Waals surface area contributed by atoms with E-state index in [1.165, 1.54) is 10.4 Å². The van der Waals surface area contributed by atoms with E-state index in [-0.39, 0.29) is 5.60 Å². The number of aliphatic hydroxyl groups is 1. The van der Waals surface area contributed by atoms with Crippen molar-refractivity contribution in [3.05, 3.63) is 10.4 Å². The molecule has 3 rings (SSSR count). The van der Waals surface area contributed by atoms with Gasteiger partial charge < -0.3 is 15.2 Å². The van der Waals surface area contributed by atoms with Crippen LogP contribution in [0.25, 0.3) is 10.2 Å². The number of anilines is 1. The van der Waals surface area contributed by atoms with Crippen molar-refractivity contribution in [2.75, 3.05) is 17.6 Å². The van der Waals surface area contributed by atoms with Crippen LogP contribution in [0.3, 0.4) is 0 Å². The normalized spacial score (nSPS) is 21.3. The molecule has 138 valence electrons. The number of hydrogen-bond acceptors (Lipinski definition) is 7. The minimum absolute atomic E-state index is 0.127. The van der Waals surface area contributed by atoms with Crippen LogP contribution in [0, 0.1) is 0 Å². The zero-order valence-electron chi connectivity index (χ0n) is 15.4. The molecule has 0 saturated heterocycles. The van der Waals surface area contributed by atoms with Gasteiger partial charge in [-0.1, -0.05) is 25.6 Å². The molecule has 2 N–H and O–H groups in total. The van der Waals surface area contributed by atoms with Crippen LogP contribution in [-0.2, 0) is 17.8 Å². The molecule has 0 aromatic carbocycles. The first-order valence-electron chi connectivity index (χ1n) is 8.96. The molecular formula is C18H27N3O2S2. The summed E-state index contributed by atoms with van der Waals surface area (Å²) in [6.45, 7) is 9.41. The number of hydrogen-bond donors (Lipinski definition) is 2. The minimum Gasteiger partial charge on any atom is -0.392 e. The molecular weight excluding hydrogens is 354 g/mol. The Bertz CT molecular complexity index is 747. The van der Waals surface area contributed by atoms with E-state index < -0.39 is 6.10 Å². The first kappa shape index (κ1) is 18.9. The second kappa shape index (κ2) is 7.78. The molecule has 25 heavy (non-hydrogen) atoms. The molecule has 3 heterocycles. The summed E-state index contributed by atoms with van der Waals surface area (Å²) in [5.41, 5.74) is 1.19. The summed E-state index contributed by atoms with van der Waals surface area (Å²) in [7, 11) is 0. The number of thioether (sulfide) groups is 1. The van der Waals surface area contributed by atoms with E-state index in [0.29, 0.717) is 13.2 Å². The molecule has 0 bridgehead atoms. The Morgan fingerprint density at radius 1 is 1.40 bits per heavy atom. The molecule has 5 nitrogen and oxygen atoms in total. The molecule has 0 spiro atoms. The monoisotopic (exact) mass is 381 g/mol. The lowest BCUT2D eigenvalue weighted by Gasteiger charge is -2.33. The molecule has 0 radical (unpaired) electrons. The summed E-state index contributed by atoms with van der Waals surface area (Å²) < 4.78 is 6.10. The third-order valence-corrected chi connectivity index (χ3v) is 6.72. The number of nitrogens with one attached hydrogen (secondary N) is 1. The van der Waals surface area contributed by atoms with Crippen LogP contribution in [-0.4, -0.2) is 39.1 Å². The second-order valence-corrected chi connectivity index (χ2v) is 9.03. The Hall–Kier alpha value is -0.890. The Morgan fingerprint density at radius 3 is 2.88 bits per heavy atom. The van der Waals surface area contributed by atoms with Gasteiger partial charge in [0.2, 0.25) is 0 Å². The standard InChI is InChI=1S/C18H27N3O2S2/c1-5-7-24-17-20-15(19-9-11(3)22)14-12-8-18(4,6-2)23-10-13(12)25-16(14)21-17/h11,22H,5-10H2,1-4H3,(H,19,20,21)/t11-,18-/m1/s1. The molecule has 0 fully saturated rings. The number of rotatable bonds is 7. The van der Waals surface area contributed by atoms with Crippen LogP contribution in [0.15, 0.2) is 5.16 Å². The summed E-state index contributed by atoms with van der Waals surface area (Å²) in [6, 6.07) is 0. The van der Waals surface area contributed by atoms with Crippen LogP contribution >= 0.6 is 23.1 Å². The lowest BCUT2D eigenvalue weighted by atomic mass is 9.90. The number of nitrogens with zero attached hydrogens (tertiary/aromatic N) is 2. The van der Waals surface area contributed by atoms with E-state index in [0.717, 1.165) is 46.2 Å². The van der Waals surface area contributed by atoms with Crippen molar-refractivity contribution in [3.8, 4) is 0 Å². The van der Waals surface area contributed by atoms with Crippen LogP contribution in [0.1, 0.15) is 51.0 Å². The van der Waals surface area contributed by atoms with Gasteiger partial charge in [-0.2, -0.15) is 0 Å². The van der Waals surface area contributed by atoms with Crippen molar-refractivity contribution in [2.24, 2.45) is 0 Å². The molecule has 1 aliphatic rings. The third kappa shape index (κ3) is 4.10. The van der Waals surface area contributed by atoms with Crippen molar-refractivity contribution >= 4 is 39.1 Å². The third-order valence-electron chi connectivity index (χ3n) is 4.56. The smallest absolute Gasteiger partial charge is 0.190 e. The van der Waals surface area contributed by atoms with Gasteiger partial charge in [0.15, 0.2) is 5.16 Å². The van der Waals surface area contributed by atoms with Gasteiger partial charge in [0.25, 0.3) is 0 Å². The highest BCUT2D eigenvalue weighted by molar-refractivity contribution is 7.99. The number of aliphatic hydroxyl groups excluding tert-OH is 1. The molecule has 0 unspecified atom stereocenters. The summed E-state index contributed by atoms with van der Waals surface area (Å²) in [4.78, 5) is 11.8. The zero-order chi connectivity index (χ0) is 18.0. The summed E-state index contributed by atoms with van der Waals surface area (Å²) in [5.74, 6) is 1.85. The maximum absolute atomic E-state index is 9.68. The Kier molecular flexibility index (Phi) is 5.88. The average Bonchev–Trinajstić information content (AvgIpc) is 2.95. The van der Waals surface area contributed by atoms with Crippen molar-refractivity contribution < 1.29 is 9.84 Å². The van der Waals surface area contributed by atoms with Crippen LogP contribution in [0.5, 0.6) is 0 Å². The van der Waals surface area contributed by atoms with Gasteiger partial charge in [-0.05, 0) is 32.3 Å². The van der Waals surface area contributed by atoms with E-state index in [2.05, 4.69) is 26.1 Å². The molecule has 0 amide bonds. The SMILES string of the molecule is CCCSc1nc(NC[C@@H](C)O)c2c3c(sc2n1)CO[C@](C)(CC)C3. The zero-order valence-corrected chi connectivity index (χ0v) is 17.0. The lowest BCUT2D eigenvalue weighted by molar-refractivity contribution is -0.0542. The second-order valence-electron chi connectivity index (χ2n) is 6.89. The molecule has 1 aliphatic heterocycles. The highest BCUT2D eigenvalue weighted by atomic mass is 32.2. The maximum atomic E-state index is 9.68. The maximum Gasteiger partial charge on any atom is 0.190 e. The van der Waals surface area contributed by atoms with Crippen LogP contribution in [0.2, 0.25) is 0 Å². The quantitative estimate of drug-likeness (QED) is 0.553. The fourth-order valence-corrected chi connectivity index (χ4v) is 4.77. The van der Waals surface area contributed by atoms with Gasteiger partial charge >= 0.3 is 0 Å². The fraction of sp³-hybridized carbons (Fsp3) is 0.667. The number of aromatic nitrogens is 2. The van der Waals surface area contributed by atoms with Gasteiger partial charge in [-0.3, -0.25) is 0 Å². The first-order valence-corrected chi connectivity index (χ1v) is 10.8. The highest BCUT2D eigenvalue weighted by Crippen LogP contribution is 2.42. The van der Waals surface area contributed by atoms with Crippen molar-refractivity contribution in [2.45, 2.75) is 70.4 Å². The summed E-state index contributed by atoms with van der Waals surface area (Å²) in [5, 5.41) is 14.9. The van der Waals surface area contributed by atoms with Crippen LogP contribution < -0.4 is 5.32 Å². The summed E-state index contributed by atoms with van der Waals surface area (Å²) >= 11 is 3.40. The predicted octanol–water partition coefficient (Wildman–Crippen LogP) is 4.23. The largest absolute Gasteiger partial charge is 0.392 e. The lowest BCUT2D eigenvalue weighted by Crippen LogP contribution is -2.34. The van der Waals surface area contributed by atoms with Crippen molar-refractivity contribution in [3.63, 3.8) is 0 Å². The molecule has 0 aliphatic carbocycles. The van der Waals surface area contributed by atoms with Crippen LogP contribution in [0.4, 0.5) is 5.82 Å². The van der Waals surface area contributed by atoms with E-state index >= 15 is 0 Å². The van der Waals surface area contributed by atoms with Crippen molar-refractivity contribution in [1.82, 2.24) is 9.97 Å².